The third kappa shape index (κ3) is 6.74. The molecule has 3 N–H and O–H groups in total. The van der Waals surface area contributed by atoms with Crippen LogP contribution in [0.1, 0.15) is 24.2 Å². The number of benzene rings is 3. The van der Waals surface area contributed by atoms with E-state index in [0.29, 0.717) is 16.9 Å². The third-order valence-corrected chi connectivity index (χ3v) is 6.54. The monoisotopic (exact) mass is 565 g/mol. The molecule has 194 valence electrons. The highest BCUT2D eigenvalue weighted by atomic mass is 79.9. The van der Waals surface area contributed by atoms with Crippen LogP contribution in [0, 0.1) is 0 Å². The first-order chi connectivity index (χ1) is 17.8. The Hall–Kier alpha value is -3.72. The van der Waals surface area contributed by atoms with Crippen molar-refractivity contribution in [1.82, 2.24) is 5.32 Å². The molecule has 1 heterocycles. The number of piperazine rings is 1. The molecule has 3 aromatic rings. The average molecular weight is 566 g/mol. The zero-order valence-electron chi connectivity index (χ0n) is 21.3. The van der Waals surface area contributed by atoms with Crippen LogP contribution in [0.5, 0.6) is 5.75 Å². The smallest absolute Gasteiger partial charge is 0.323 e. The van der Waals surface area contributed by atoms with E-state index >= 15 is 0 Å². The second kappa shape index (κ2) is 12.0. The topological polar surface area (TPSA) is 85.9 Å². The number of methoxy groups -OCH3 is 1. The summed E-state index contributed by atoms with van der Waals surface area (Å²) in [5.74, 6) is 0.678. The maximum atomic E-state index is 13.2. The van der Waals surface area contributed by atoms with Crippen molar-refractivity contribution in [3.8, 4) is 5.75 Å². The minimum absolute atomic E-state index is 0.0146. The molecule has 0 bridgehead atoms. The number of carbonyl (C=O) groups is 2. The lowest BCUT2D eigenvalue weighted by molar-refractivity contribution is 0.0943. The molecule has 0 aliphatic carbocycles. The number of nitrogens with zero attached hydrogens (tertiary/aromatic N) is 2. The molecule has 0 atom stereocenters. The third-order valence-electron chi connectivity index (χ3n) is 6.05. The lowest BCUT2D eigenvalue weighted by Crippen LogP contribution is -2.47. The fourth-order valence-electron chi connectivity index (χ4n) is 4.35. The summed E-state index contributed by atoms with van der Waals surface area (Å²) in [6.07, 6.45) is 0. The van der Waals surface area contributed by atoms with E-state index < -0.39 is 0 Å². The molecule has 0 saturated carbocycles. The van der Waals surface area contributed by atoms with Crippen LogP contribution in [0.15, 0.2) is 71.2 Å². The molecule has 1 aliphatic heterocycles. The summed E-state index contributed by atoms with van der Waals surface area (Å²) in [5, 5.41) is 8.65. The Morgan fingerprint density at radius 3 is 2.14 bits per heavy atom. The number of hydrogen-bond acceptors (Lipinski definition) is 5. The van der Waals surface area contributed by atoms with E-state index in [1.54, 1.807) is 19.2 Å². The molecule has 1 aliphatic rings. The molecule has 1 fully saturated rings. The number of hydrogen-bond donors (Lipinski definition) is 3. The number of para-hydroxylation sites is 2. The van der Waals surface area contributed by atoms with Gasteiger partial charge >= 0.3 is 6.03 Å². The van der Waals surface area contributed by atoms with Crippen molar-refractivity contribution in [3.63, 3.8) is 0 Å². The Morgan fingerprint density at radius 2 is 1.49 bits per heavy atom. The van der Waals surface area contributed by atoms with Crippen LogP contribution in [0.2, 0.25) is 0 Å². The predicted molar refractivity (Wildman–Crippen MR) is 153 cm³/mol. The van der Waals surface area contributed by atoms with Gasteiger partial charge in [0.15, 0.2) is 0 Å². The maximum Gasteiger partial charge on any atom is 0.323 e. The molecular formula is C28H32BrN5O3. The number of nitrogens with one attached hydrogen (secondary N) is 3. The van der Waals surface area contributed by atoms with Crippen molar-refractivity contribution in [2.24, 2.45) is 0 Å². The van der Waals surface area contributed by atoms with Gasteiger partial charge in [0.2, 0.25) is 0 Å². The van der Waals surface area contributed by atoms with Crippen molar-refractivity contribution in [3.05, 3.63) is 76.8 Å². The van der Waals surface area contributed by atoms with Gasteiger partial charge in [-0.1, -0.05) is 34.1 Å². The highest BCUT2D eigenvalue weighted by Crippen LogP contribution is 2.31. The summed E-state index contributed by atoms with van der Waals surface area (Å²) in [6.45, 7) is 6.93. The first-order valence-electron chi connectivity index (χ1n) is 12.3. The highest BCUT2D eigenvalue weighted by molar-refractivity contribution is 9.10. The number of ether oxygens (including phenoxy) is 1. The fraction of sp³-hybridized carbons (Fsp3) is 0.286. The molecular weight excluding hydrogens is 534 g/mol. The van der Waals surface area contributed by atoms with Crippen molar-refractivity contribution in [2.45, 2.75) is 19.9 Å². The summed E-state index contributed by atoms with van der Waals surface area (Å²) in [5.41, 5.74) is 3.64. The lowest BCUT2D eigenvalue weighted by Gasteiger charge is -2.38. The minimum atomic E-state index is -0.383. The van der Waals surface area contributed by atoms with Crippen LogP contribution in [0.3, 0.4) is 0 Å². The Bertz CT molecular complexity index is 1260. The molecule has 0 aromatic heterocycles. The van der Waals surface area contributed by atoms with Crippen LogP contribution in [-0.2, 0) is 0 Å². The van der Waals surface area contributed by atoms with Crippen molar-refractivity contribution in [1.29, 1.82) is 0 Å². The summed E-state index contributed by atoms with van der Waals surface area (Å²) < 4.78 is 6.40. The SMILES string of the molecule is COc1ccccc1N1CCN(c2ccc(NC(=O)Nc3cccc(Br)c3)cc2C(=O)NC(C)C)CC1. The summed E-state index contributed by atoms with van der Waals surface area (Å²) in [4.78, 5) is 30.3. The second-order valence-electron chi connectivity index (χ2n) is 9.10. The molecule has 0 spiro atoms. The molecule has 4 rings (SSSR count). The zero-order chi connectivity index (χ0) is 26.4. The van der Waals surface area contributed by atoms with Crippen molar-refractivity contribution in [2.75, 3.05) is 53.7 Å². The van der Waals surface area contributed by atoms with Gasteiger partial charge in [-0.05, 0) is 62.4 Å². The first kappa shape index (κ1) is 26.3. The number of halogens is 1. The standard InChI is InChI=1S/C28H32BrN5O3/c1-19(2)30-27(35)23-18-22(32-28(36)31-21-8-6-7-20(29)17-21)11-12-24(23)33-13-15-34(16-14-33)25-9-4-5-10-26(25)37-3/h4-12,17-19H,13-16H2,1-3H3,(H,30,35)(H2,31,32,36). The van der Waals surface area contributed by atoms with Gasteiger partial charge in [0.25, 0.3) is 5.91 Å². The molecule has 3 amide bonds. The average Bonchev–Trinajstić information content (AvgIpc) is 2.88. The Balaban J connectivity index is 1.51. The van der Waals surface area contributed by atoms with Crippen LogP contribution in [-0.4, -0.2) is 51.3 Å². The Morgan fingerprint density at radius 1 is 0.838 bits per heavy atom. The highest BCUT2D eigenvalue weighted by Gasteiger charge is 2.24. The summed E-state index contributed by atoms with van der Waals surface area (Å²) >= 11 is 3.40. The van der Waals surface area contributed by atoms with E-state index in [9.17, 15) is 9.59 Å². The second-order valence-corrected chi connectivity index (χ2v) is 10.0. The van der Waals surface area contributed by atoms with E-state index in [0.717, 1.165) is 47.8 Å². The van der Waals surface area contributed by atoms with E-state index in [2.05, 4.69) is 47.7 Å². The lowest BCUT2D eigenvalue weighted by atomic mass is 10.1. The van der Waals surface area contributed by atoms with Gasteiger partial charge < -0.3 is 30.5 Å². The molecule has 8 nitrogen and oxygen atoms in total. The number of amides is 3. The maximum absolute atomic E-state index is 13.2. The van der Waals surface area contributed by atoms with Crippen LogP contribution < -0.4 is 30.5 Å². The fourth-order valence-corrected chi connectivity index (χ4v) is 4.75. The van der Waals surface area contributed by atoms with Gasteiger partial charge in [0, 0.05) is 53.8 Å². The van der Waals surface area contributed by atoms with Gasteiger partial charge in [-0.15, -0.1) is 0 Å². The van der Waals surface area contributed by atoms with Gasteiger partial charge in [0.05, 0.1) is 18.4 Å². The normalized spacial score (nSPS) is 13.3. The molecule has 37 heavy (non-hydrogen) atoms. The van der Waals surface area contributed by atoms with E-state index in [4.69, 9.17) is 4.74 Å². The van der Waals surface area contributed by atoms with Crippen LogP contribution in [0.4, 0.5) is 27.5 Å². The van der Waals surface area contributed by atoms with Gasteiger partial charge in [0.1, 0.15) is 5.75 Å². The first-order valence-corrected chi connectivity index (χ1v) is 13.0. The Kier molecular flexibility index (Phi) is 8.55. The quantitative estimate of drug-likeness (QED) is 0.349. The van der Waals surface area contributed by atoms with Crippen LogP contribution >= 0.6 is 15.9 Å². The number of rotatable bonds is 7. The van der Waals surface area contributed by atoms with E-state index in [1.165, 1.54) is 0 Å². The summed E-state index contributed by atoms with van der Waals surface area (Å²) in [7, 11) is 1.68. The van der Waals surface area contributed by atoms with Crippen LogP contribution in [0.25, 0.3) is 0 Å². The van der Waals surface area contributed by atoms with Gasteiger partial charge in [-0.3, -0.25) is 4.79 Å². The molecule has 3 aromatic carbocycles. The largest absolute Gasteiger partial charge is 0.495 e. The number of anilines is 4. The van der Waals surface area contributed by atoms with Crippen molar-refractivity contribution < 1.29 is 14.3 Å². The number of urea groups is 1. The van der Waals surface area contributed by atoms with Gasteiger partial charge in [-0.25, -0.2) is 4.79 Å². The zero-order valence-corrected chi connectivity index (χ0v) is 22.8. The van der Waals surface area contributed by atoms with E-state index in [-0.39, 0.29) is 18.0 Å². The van der Waals surface area contributed by atoms with Gasteiger partial charge in [-0.2, -0.15) is 0 Å². The summed E-state index contributed by atoms with van der Waals surface area (Å²) in [6, 6.07) is 20.4. The van der Waals surface area contributed by atoms with E-state index in [1.807, 2.05) is 62.4 Å². The van der Waals surface area contributed by atoms with Crippen molar-refractivity contribution >= 4 is 50.6 Å². The Labute approximate surface area is 226 Å². The molecule has 0 radical (unpaired) electrons. The molecule has 0 unspecified atom stereocenters. The minimum Gasteiger partial charge on any atom is -0.495 e. The number of carbonyl (C=O) groups excluding carboxylic acids is 2. The molecule has 9 heteroatoms. The predicted octanol–water partition coefficient (Wildman–Crippen LogP) is 5.57. The molecule has 1 saturated heterocycles.